The standard InChI is InChI=1S/C15H19N5O3/c1-3-20-15(22)7-11-8-19(5-4-12(11)17-20)9-14(21)16-13-6-10(2)23-18-13/h6-7H,3-5,8-9H2,1-2H3,(H,16,18,21). The van der Waals surface area contributed by atoms with Crippen LogP contribution in [0.2, 0.25) is 0 Å². The number of anilines is 1. The van der Waals surface area contributed by atoms with Crippen LogP contribution in [0, 0.1) is 6.92 Å². The van der Waals surface area contributed by atoms with Gasteiger partial charge in [0, 0.05) is 38.2 Å². The van der Waals surface area contributed by atoms with Gasteiger partial charge in [0.1, 0.15) is 5.76 Å². The number of nitrogens with one attached hydrogen (secondary N) is 1. The highest BCUT2D eigenvalue weighted by atomic mass is 16.5. The molecule has 0 bridgehead atoms. The number of fused-ring (bicyclic) bond motifs is 1. The summed E-state index contributed by atoms with van der Waals surface area (Å²) in [6, 6.07) is 3.29. The van der Waals surface area contributed by atoms with E-state index in [1.165, 1.54) is 4.68 Å². The summed E-state index contributed by atoms with van der Waals surface area (Å²) < 4.78 is 6.38. The Morgan fingerprint density at radius 2 is 2.26 bits per heavy atom. The number of aromatic nitrogens is 3. The average Bonchev–Trinajstić information content (AvgIpc) is 2.91. The predicted octanol–water partition coefficient (Wildman–Crippen LogP) is 0.556. The van der Waals surface area contributed by atoms with Crippen LogP contribution in [0.1, 0.15) is 23.9 Å². The Kier molecular flexibility index (Phi) is 4.24. The Bertz CT molecular complexity index is 780. The number of amides is 1. The lowest BCUT2D eigenvalue weighted by Crippen LogP contribution is -2.39. The van der Waals surface area contributed by atoms with Crippen LogP contribution in [-0.2, 0) is 24.3 Å². The zero-order valence-electron chi connectivity index (χ0n) is 13.2. The molecule has 0 saturated heterocycles. The molecule has 0 aliphatic carbocycles. The smallest absolute Gasteiger partial charge is 0.267 e. The van der Waals surface area contributed by atoms with Crippen molar-refractivity contribution in [3.63, 3.8) is 0 Å². The fraction of sp³-hybridized carbons (Fsp3) is 0.467. The summed E-state index contributed by atoms with van der Waals surface area (Å²) in [6.45, 7) is 5.74. The molecule has 1 amide bonds. The third-order valence-electron chi connectivity index (χ3n) is 3.79. The first-order valence-electron chi connectivity index (χ1n) is 7.60. The van der Waals surface area contributed by atoms with Crippen LogP contribution in [0.5, 0.6) is 0 Å². The molecule has 1 aliphatic rings. The van der Waals surface area contributed by atoms with Gasteiger partial charge in [-0.25, -0.2) is 4.68 Å². The van der Waals surface area contributed by atoms with E-state index < -0.39 is 0 Å². The zero-order valence-corrected chi connectivity index (χ0v) is 13.2. The van der Waals surface area contributed by atoms with E-state index in [2.05, 4.69) is 15.6 Å². The van der Waals surface area contributed by atoms with Crippen LogP contribution in [-0.4, -0.2) is 38.8 Å². The lowest BCUT2D eigenvalue weighted by Gasteiger charge is -2.27. The maximum absolute atomic E-state index is 12.1. The number of aryl methyl sites for hydroxylation is 2. The molecule has 0 unspecified atom stereocenters. The van der Waals surface area contributed by atoms with Crippen molar-refractivity contribution in [2.75, 3.05) is 18.4 Å². The zero-order chi connectivity index (χ0) is 16.4. The molecule has 2 aromatic rings. The van der Waals surface area contributed by atoms with Gasteiger partial charge in [-0.15, -0.1) is 0 Å². The number of carbonyl (C=O) groups excluding carboxylic acids is 1. The minimum atomic E-state index is -0.156. The van der Waals surface area contributed by atoms with Crippen molar-refractivity contribution in [3.8, 4) is 0 Å². The highest BCUT2D eigenvalue weighted by Crippen LogP contribution is 2.15. The molecule has 23 heavy (non-hydrogen) atoms. The molecule has 0 atom stereocenters. The van der Waals surface area contributed by atoms with Crippen LogP contribution in [0.4, 0.5) is 5.82 Å². The van der Waals surface area contributed by atoms with Gasteiger partial charge in [-0.3, -0.25) is 14.5 Å². The van der Waals surface area contributed by atoms with Gasteiger partial charge >= 0.3 is 0 Å². The molecule has 0 spiro atoms. The SMILES string of the molecule is CCn1nc2c(cc1=O)CN(CC(=O)Nc1cc(C)on1)CC2. The second-order valence-corrected chi connectivity index (χ2v) is 5.60. The summed E-state index contributed by atoms with van der Waals surface area (Å²) in [5, 5.41) is 10.8. The van der Waals surface area contributed by atoms with Crippen LogP contribution < -0.4 is 10.9 Å². The lowest BCUT2D eigenvalue weighted by molar-refractivity contribution is -0.117. The van der Waals surface area contributed by atoms with Crippen molar-refractivity contribution in [3.05, 3.63) is 39.5 Å². The number of nitrogens with zero attached hydrogens (tertiary/aromatic N) is 4. The summed E-state index contributed by atoms with van der Waals surface area (Å²) in [6.07, 6.45) is 0.728. The highest BCUT2D eigenvalue weighted by molar-refractivity contribution is 5.91. The first kappa shape index (κ1) is 15.4. The summed E-state index contributed by atoms with van der Waals surface area (Å²) in [4.78, 5) is 25.9. The van der Waals surface area contributed by atoms with Crippen molar-refractivity contribution in [1.29, 1.82) is 0 Å². The third kappa shape index (κ3) is 3.48. The summed E-state index contributed by atoms with van der Waals surface area (Å²) in [5.74, 6) is 0.902. The third-order valence-corrected chi connectivity index (χ3v) is 3.79. The molecule has 0 radical (unpaired) electrons. The second kappa shape index (κ2) is 6.33. The quantitative estimate of drug-likeness (QED) is 0.885. The van der Waals surface area contributed by atoms with E-state index in [1.807, 2.05) is 11.8 Å². The largest absolute Gasteiger partial charge is 0.360 e. The van der Waals surface area contributed by atoms with Crippen molar-refractivity contribution in [1.82, 2.24) is 19.8 Å². The first-order chi connectivity index (χ1) is 11.0. The molecule has 8 heteroatoms. The van der Waals surface area contributed by atoms with E-state index in [0.717, 1.165) is 24.2 Å². The predicted molar refractivity (Wildman–Crippen MR) is 83.0 cm³/mol. The van der Waals surface area contributed by atoms with Crippen molar-refractivity contribution in [2.45, 2.75) is 33.4 Å². The molecule has 0 saturated carbocycles. The van der Waals surface area contributed by atoms with Crippen molar-refractivity contribution in [2.24, 2.45) is 0 Å². The average molecular weight is 317 g/mol. The summed E-state index contributed by atoms with van der Waals surface area (Å²) in [5.41, 5.74) is 1.74. The van der Waals surface area contributed by atoms with Gasteiger partial charge in [0.15, 0.2) is 5.82 Å². The van der Waals surface area contributed by atoms with Gasteiger partial charge in [0.05, 0.1) is 12.2 Å². The Hall–Kier alpha value is -2.48. The molecule has 2 aromatic heterocycles. The van der Waals surface area contributed by atoms with Gasteiger partial charge in [-0.1, -0.05) is 5.16 Å². The number of hydrogen-bond acceptors (Lipinski definition) is 6. The van der Waals surface area contributed by atoms with Crippen molar-refractivity contribution < 1.29 is 9.32 Å². The summed E-state index contributed by atoms with van der Waals surface area (Å²) in [7, 11) is 0. The lowest BCUT2D eigenvalue weighted by atomic mass is 10.1. The molecular weight excluding hydrogens is 298 g/mol. The molecule has 3 rings (SSSR count). The molecule has 0 aromatic carbocycles. The van der Waals surface area contributed by atoms with Crippen LogP contribution >= 0.6 is 0 Å². The van der Waals surface area contributed by atoms with Crippen molar-refractivity contribution >= 4 is 11.7 Å². The van der Waals surface area contributed by atoms with Crippen LogP contribution in [0.15, 0.2) is 21.5 Å². The maximum Gasteiger partial charge on any atom is 0.267 e. The molecule has 3 heterocycles. The number of hydrogen-bond donors (Lipinski definition) is 1. The Morgan fingerprint density at radius 3 is 2.96 bits per heavy atom. The molecule has 1 aliphatic heterocycles. The Labute approximate surface area is 133 Å². The van der Waals surface area contributed by atoms with E-state index in [1.54, 1.807) is 19.1 Å². The normalized spacial score (nSPS) is 14.5. The van der Waals surface area contributed by atoms with E-state index in [-0.39, 0.29) is 18.0 Å². The summed E-state index contributed by atoms with van der Waals surface area (Å²) >= 11 is 0. The first-order valence-corrected chi connectivity index (χ1v) is 7.60. The molecule has 0 fully saturated rings. The fourth-order valence-corrected chi connectivity index (χ4v) is 2.67. The van der Waals surface area contributed by atoms with E-state index in [4.69, 9.17) is 4.52 Å². The Morgan fingerprint density at radius 1 is 1.43 bits per heavy atom. The minimum Gasteiger partial charge on any atom is -0.360 e. The number of rotatable bonds is 4. The number of carbonyl (C=O) groups is 1. The van der Waals surface area contributed by atoms with E-state index in [0.29, 0.717) is 24.7 Å². The monoisotopic (exact) mass is 317 g/mol. The van der Waals surface area contributed by atoms with Gasteiger partial charge in [0.2, 0.25) is 5.91 Å². The fourth-order valence-electron chi connectivity index (χ4n) is 2.67. The van der Waals surface area contributed by atoms with E-state index >= 15 is 0 Å². The molecule has 1 N–H and O–H groups in total. The van der Waals surface area contributed by atoms with Crippen LogP contribution in [0.25, 0.3) is 0 Å². The van der Waals surface area contributed by atoms with Gasteiger partial charge in [-0.2, -0.15) is 5.10 Å². The Balaban J connectivity index is 1.64. The van der Waals surface area contributed by atoms with Gasteiger partial charge < -0.3 is 9.84 Å². The maximum atomic E-state index is 12.1. The topological polar surface area (TPSA) is 93.3 Å². The second-order valence-electron chi connectivity index (χ2n) is 5.60. The van der Waals surface area contributed by atoms with Gasteiger partial charge in [-0.05, 0) is 19.4 Å². The van der Waals surface area contributed by atoms with E-state index in [9.17, 15) is 9.59 Å². The minimum absolute atomic E-state index is 0.101. The highest BCUT2D eigenvalue weighted by Gasteiger charge is 2.21. The van der Waals surface area contributed by atoms with Crippen LogP contribution in [0.3, 0.4) is 0 Å². The van der Waals surface area contributed by atoms with Gasteiger partial charge in [0.25, 0.3) is 5.56 Å². The molecule has 122 valence electrons. The molecular formula is C15H19N5O3. The molecule has 8 nitrogen and oxygen atoms in total.